The molecule has 1 aromatic heterocycles. The van der Waals surface area contributed by atoms with E-state index in [1.807, 2.05) is 67.6 Å². The van der Waals surface area contributed by atoms with Crippen LogP contribution in [-0.2, 0) is 12.4 Å². The molecule has 0 atom stereocenters. The van der Waals surface area contributed by atoms with E-state index in [2.05, 4.69) is 20.5 Å². The number of hydrogen-bond donors (Lipinski definition) is 1. The Hall–Kier alpha value is -4.17. The van der Waals surface area contributed by atoms with Crippen LogP contribution in [0.2, 0.25) is 0 Å². The Morgan fingerprint density at radius 2 is 1.61 bits per heavy atom. The summed E-state index contributed by atoms with van der Waals surface area (Å²) >= 11 is 1.54. The lowest BCUT2D eigenvalue weighted by molar-refractivity contribution is 0.0955. The minimum atomic E-state index is -0.283. The van der Waals surface area contributed by atoms with E-state index in [0.717, 1.165) is 27.6 Å². The van der Waals surface area contributed by atoms with E-state index in [-0.39, 0.29) is 5.91 Å². The van der Waals surface area contributed by atoms with E-state index < -0.39 is 0 Å². The van der Waals surface area contributed by atoms with Crippen molar-refractivity contribution in [3.63, 3.8) is 0 Å². The number of hydrogen-bond acceptors (Lipinski definition) is 7. The summed E-state index contributed by atoms with van der Waals surface area (Å²) in [6.07, 6.45) is 3.44. The average molecular weight is 499 g/mol. The molecule has 7 nitrogen and oxygen atoms in total. The lowest BCUT2D eigenvalue weighted by Crippen LogP contribution is -2.19. The van der Waals surface area contributed by atoms with Gasteiger partial charge >= 0.3 is 0 Å². The van der Waals surface area contributed by atoms with Crippen molar-refractivity contribution in [1.29, 1.82) is 0 Å². The second kappa shape index (κ2) is 12.5. The maximum Gasteiger partial charge on any atom is 0.271 e. The molecule has 0 aliphatic heterocycles. The number of nitrogens with one attached hydrogen (secondary N) is 1. The molecule has 1 N–H and O–H groups in total. The Labute approximate surface area is 214 Å². The number of benzene rings is 3. The standard InChI is InChI=1S/C28H26N4O3S/c1-20(24-13-14-25(26(17-24)34-2)35-18-21-7-4-3-5-8-21)31-32-27(33)23-11-9-22(10-12-23)19-36-28-29-15-6-16-30-28/h3-17H,18-19H2,1-2H3,(H,32,33). The zero-order valence-electron chi connectivity index (χ0n) is 20.0. The predicted octanol–water partition coefficient (Wildman–Crippen LogP) is 5.51. The van der Waals surface area contributed by atoms with Crippen LogP contribution in [0.4, 0.5) is 0 Å². The van der Waals surface area contributed by atoms with Crippen LogP contribution in [0.3, 0.4) is 0 Å². The largest absolute Gasteiger partial charge is 0.493 e. The zero-order chi connectivity index (χ0) is 25.2. The van der Waals surface area contributed by atoms with E-state index in [9.17, 15) is 4.79 Å². The third-order valence-corrected chi connectivity index (χ3v) is 6.22. The highest BCUT2D eigenvalue weighted by atomic mass is 32.2. The quantitative estimate of drug-likeness (QED) is 0.134. The molecule has 182 valence electrons. The van der Waals surface area contributed by atoms with Crippen LogP contribution < -0.4 is 14.9 Å². The fourth-order valence-corrected chi connectivity index (χ4v) is 4.03. The Balaban J connectivity index is 1.34. The maximum atomic E-state index is 12.6. The number of methoxy groups -OCH3 is 1. The van der Waals surface area contributed by atoms with Crippen molar-refractivity contribution in [2.45, 2.75) is 24.4 Å². The highest BCUT2D eigenvalue weighted by molar-refractivity contribution is 7.98. The van der Waals surface area contributed by atoms with Crippen molar-refractivity contribution < 1.29 is 14.3 Å². The van der Waals surface area contributed by atoms with Gasteiger partial charge in [-0.15, -0.1) is 0 Å². The Bertz CT molecular complexity index is 1310. The Morgan fingerprint density at radius 3 is 2.33 bits per heavy atom. The molecule has 0 fully saturated rings. The summed E-state index contributed by atoms with van der Waals surface area (Å²) in [5.74, 6) is 1.67. The van der Waals surface area contributed by atoms with Gasteiger partial charge in [0, 0.05) is 29.3 Å². The number of hydrazone groups is 1. The molecule has 3 aromatic carbocycles. The molecular weight excluding hydrogens is 472 g/mol. The van der Waals surface area contributed by atoms with Gasteiger partial charge in [-0.25, -0.2) is 15.4 Å². The van der Waals surface area contributed by atoms with Crippen molar-refractivity contribution in [2.75, 3.05) is 7.11 Å². The van der Waals surface area contributed by atoms with Crippen LogP contribution in [0.15, 0.2) is 102 Å². The first kappa shape index (κ1) is 24.9. The third kappa shape index (κ3) is 6.93. The number of carbonyl (C=O) groups is 1. The summed E-state index contributed by atoms with van der Waals surface area (Å²) in [6.45, 7) is 2.27. The molecule has 0 unspecified atom stereocenters. The van der Waals surface area contributed by atoms with Gasteiger partial charge in [0.05, 0.1) is 12.8 Å². The number of rotatable bonds is 10. The second-order valence-electron chi connectivity index (χ2n) is 7.80. The van der Waals surface area contributed by atoms with Gasteiger partial charge in [0.25, 0.3) is 5.91 Å². The first-order valence-corrected chi connectivity index (χ1v) is 12.3. The van der Waals surface area contributed by atoms with Gasteiger partial charge < -0.3 is 9.47 Å². The van der Waals surface area contributed by atoms with Crippen LogP contribution in [0.5, 0.6) is 11.5 Å². The van der Waals surface area contributed by atoms with Gasteiger partial charge in [0.1, 0.15) is 6.61 Å². The fourth-order valence-electron chi connectivity index (χ4n) is 3.27. The highest BCUT2D eigenvalue weighted by Crippen LogP contribution is 2.29. The second-order valence-corrected chi connectivity index (χ2v) is 8.74. The molecule has 1 amide bonds. The monoisotopic (exact) mass is 498 g/mol. The summed E-state index contributed by atoms with van der Waals surface area (Å²) in [5.41, 5.74) is 6.76. The smallest absolute Gasteiger partial charge is 0.271 e. The van der Waals surface area contributed by atoms with E-state index in [0.29, 0.717) is 29.4 Å². The van der Waals surface area contributed by atoms with Crippen molar-refractivity contribution in [2.24, 2.45) is 5.10 Å². The van der Waals surface area contributed by atoms with Crippen molar-refractivity contribution in [3.8, 4) is 11.5 Å². The number of aromatic nitrogens is 2. The van der Waals surface area contributed by atoms with E-state index in [4.69, 9.17) is 9.47 Å². The molecule has 4 rings (SSSR count). The molecular formula is C28H26N4O3S. The number of amides is 1. The molecule has 0 spiro atoms. The summed E-state index contributed by atoms with van der Waals surface area (Å²) < 4.78 is 11.4. The number of nitrogens with zero attached hydrogens (tertiary/aromatic N) is 3. The minimum absolute atomic E-state index is 0.283. The van der Waals surface area contributed by atoms with Gasteiger partial charge in [-0.05, 0) is 54.4 Å². The first-order chi connectivity index (χ1) is 17.6. The maximum absolute atomic E-state index is 12.6. The van der Waals surface area contributed by atoms with Crippen LogP contribution >= 0.6 is 11.8 Å². The molecule has 0 saturated carbocycles. The summed E-state index contributed by atoms with van der Waals surface area (Å²) in [4.78, 5) is 21.0. The molecule has 0 aliphatic rings. The fraction of sp³-hybridized carbons (Fsp3) is 0.143. The van der Waals surface area contributed by atoms with Gasteiger partial charge in [-0.2, -0.15) is 5.10 Å². The number of carbonyl (C=O) groups excluding carboxylic acids is 1. The van der Waals surface area contributed by atoms with Crippen molar-refractivity contribution >= 4 is 23.4 Å². The van der Waals surface area contributed by atoms with Crippen molar-refractivity contribution in [1.82, 2.24) is 15.4 Å². The number of ether oxygens (including phenoxy) is 2. The first-order valence-electron chi connectivity index (χ1n) is 11.3. The normalized spacial score (nSPS) is 11.1. The SMILES string of the molecule is COc1cc(C(C)=NNC(=O)c2ccc(CSc3ncccn3)cc2)ccc1OCc1ccccc1. The zero-order valence-corrected chi connectivity index (χ0v) is 20.9. The molecule has 36 heavy (non-hydrogen) atoms. The molecule has 4 aromatic rings. The average Bonchev–Trinajstić information content (AvgIpc) is 2.94. The minimum Gasteiger partial charge on any atom is -0.493 e. The molecule has 0 bridgehead atoms. The van der Waals surface area contributed by atoms with E-state index in [1.54, 1.807) is 49.5 Å². The summed E-state index contributed by atoms with van der Waals surface area (Å²) in [7, 11) is 1.60. The Kier molecular flexibility index (Phi) is 8.67. The van der Waals surface area contributed by atoms with Crippen LogP contribution in [0.25, 0.3) is 0 Å². The van der Waals surface area contributed by atoms with Crippen LogP contribution in [-0.4, -0.2) is 28.7 Å². The molecule has 1 heterocycles. The highest BCUT2D eigenvalue weighted by Gasteiger charge is 2.10. The molecule has 0 aliphatic carbocycles. The predicted molar refractivity (Wildman–Crippen MR) is 141 cm³/mol. The van der Waals surface area contributed by atoms with Crippen LogP contribution in [0.1, 0.15) is 34.0 Å². The lowest BCUT2D eigenvalue weighted by atomic mass is 10.1. The topological polar surface area (TPSA) is 85.7 Å². The van der Waals surface area contributed by atoms with Gasteiger partial charge in [0.2, 0.25) is 0 Å². The van der Waals surface area contributed by atoms with Gasteiger partial charge in [-0.1, -0.05) is 54.2 Å². The van der Waals surface area contributed by atoms with E-state index in [1.165, 1.54) is 0 Å². The summed E-state index contributed by atoms with van der Waals surface area (Å²) in [6, 6.07) is 24.7. The molecule has 0 saturated heterocycles. The Morgan fingerprint density at radius 1 is 0.889 bits per heavy atom. The molecule has 8 heteroatoms. The molecule has 0 radical (unpaired) electrons. The van der Waals surface area contributed by atoms with Crippen LogP contribution in [0, 0.1) is 0 Å². The van der Waals surface area contributed by atoms with Gasteiger partial charge in [-0.3, -0.25) is 4.79 Å². The van der Waals surface area contributed by atoms with Crippen molar-refractivity contribution in [3.05, 3.63) is 114 Å². The summed E-state index contributed by atoms with van der Waals surface area (Å²) in [5, 5.41) is 4.99. The number of thioether (sulfide) groups is 1. The van der Waals surface area contributed by atoms with Gasteiger partial charge in [0.15, 0.2) is 16.7 Å². The van der Waals surface area contributed by atoms with E-state index >= 15 is 0 Å². The third-order valence-electron chi connectivity index (χ3n) is 5.27. The lowest BCUT2D eigenvalue weighted by Gasteiger charge is -2.12.